The number of nitrogens with zero attached hydrogens (tertiary/aromatic N) is 6. The van der Waals surface area contributed by atoms with Gasteiger partial charge >= 0.3 is 0 Å². The predicted molar refractivity (Wildman–Crippen MR) is 576 cm³/mol. The molecule has 142 heavy (non-hydrogen) atoms. The molecule has 5 aliphatic rings. The molecule has 1 unspecified atom stereocenters. The molecule has 662 valence electrons. The van der Waals surface area contributed by atoms with Crippen LogP contribution in [0.2, 0.25) is 0 Å². The minimum absolute atomic E-state index is 0.321. The molecule has 0 spiro atoms. The number of hydrogen-bond acceptors (Lipinski definition) is 7. The number of benzene rings is 20. The van der Waals surface area contributed by atoms with E-state index in [4.69, 9.17) is 28.2 Å². The van der Waals surface area contributed by atoms with E-state index in [2.05, 4.69) is 476 Å². The molecule has 1 aliphatic heterocycles. The molecule has 9 heteroatoms. The normalized spacial score (nSPS) is 15.4. The summed E-state index contributed by atoms with van der Waals surface area (Å²) in [6.07, 6.45) is 7.75. The van der Waals surface area contributed by atoms with Crippen molar-refractivity contribution in [2.24, 2.45) is 0 Å². The van der Waals surface area contributed by atoms with Gasteiger partial charge in [0.25, 0.3) is 0 Å². The zero-order valence-corrected chi connectivity index (χ0v) is 77.1. The third-order valence-corrected chi connectivity index (χ3v) is 32.2. The Morgan fingerprint density at radius 1 is 0.232 bits per heavy atom. The fourth-order valence-corrected chi connectivity index (χ4v) is 26.1. The van der Waals surface area contributed by atoms with Gasteiger partial charge in [-0.3, -0.25) is 0 Å². The Kier molecular flexibility index (Phi) is 16.3. The second kappa shape index (κ2) is 29.4. The van der Waals surface area contributed by atoms with Gasteiger partial charge in [0.2, 0.25) is 0 Å². The first-order chi connectivity index (χ1) is 70.2. The molecule has 0 fully saturated rings. The van der Waals surface area contributed by atoms with E-state index in [9.17, 15) is 0 Å². The van der Waals surface area contributed by atoms with Gasteiger partial charge in [0.05, 0.1) is 44.0 Å². The summed E-state index contributed by atoms with van der Waals surface area (Å²) in [6, 6.07) is 166. The third kappa shape index (κ3) is 10.7. The molecule has 20 aromatic carbocycles. The van der Waals surface area contributed by atoms with Gasteiger partial charge < -0.3 is 27.3 Å². The number of fused-ring (bicyclic) bond motifs is 27. The van der Waals surface area contributed by atoms with E-state index in [0.717, 1.165) is 239 Å². The minimum atomic E-state index is -0.880. The van der Waals surface area contributed by atoms with E-state index in [1.165, 1.54) is 27.6 Å². The van der Waals surface area contributed by atoms with Crippen LogP contribution in [0, 0.1) is 0 Å². The van der Waals surface area contributed by atoms with Gasteiger partial charge in [0.15, 0.2) is 17.5 Å². The quantitative estimate of drug-likeness (QED) is 0.120. The smallest absolute Gasteiger partial charge is 0.164 e. The standard InChI is InChI=1S/C133H82N6O3/c1-130-67-31-30-54-126(130)139(119-79-125-107(76-114(119)130)102-48-24-29-53-122(102)142-125)91-60-66-97-94-63-57-82(70-110(94)133(113(97)73-91,87-40-16-6-17-41-87)88-42-18-7-19-43-88)129-135-127(80-55-61-92-95-64-58-89(71-111(95)131(108(92)68-80,83-32-8-2-9-33-83)84-34-10-3-11-35-84)137-115-49-25-20-44-98(115)103-74-105-100-46-22-27-51-120(100)140-123(105)77-117(103)137)134-128(136-129)81-56-62-93-96-65-59-90(72-112(96)132(109(93)69-81,85-36-12-4-13-37-85)86-38-14-5-15-39-86)138-116-50-26-21-45-99(116)104-75-106-101-47-23-28-52-121(101)141-124(106)78-118(104)138/h2-66,68-79H,67H2,1H3. The monoisotopic (exact) mass is 1810 g/mol. The van der Waals surface area contributed by atoms with E-state index < -0.39 is 16.2 Å². The summed E-state index contributed by atoms with van der Waals surface area (Å²) < 4.78 is 25.1. The lowest BCUT2D eigenvalue weighted by Gasteiger charge is -2.35. The first-order valence-corrected chi connectivity index (χ1v) is 49.0. The van der Waals surface area contributed by atoms with Gasteiger partial charge in [-0.05, 0) is 228 Å². The van der Waals surface area contributed by atoms with Crippen LogP contribution in [0.5, 0.6) is 0 Å². The first kappa shape index (κ1) is 78.8. The molecule has 31 rings (SSSR count). The fourth-order valence-electron chi connectivity index (χ4n) is 26.1. The summed E-state index contributed by atoms with van der Waals surface area (Å²) in [5.74, 6) is 1.60. The third-order valence-electron chi connectivity index (χ3n) is 32.2. The summed E-state index contributed by atoms with van der Waals surface area (Å²) in [4.78, 5) is 20.5. The van der Waals surface area contributed by atoms with Crippen LogP contribution in [0.4, 0.5) is 11.4 Å². The molecule has 0 radical (unpaired) electrons. The molecule has 6 aromatic heterocycles. The first-order valence-electron chi connectivity index (χ1n) is 49.0. The van der Waals surface area contributed by atoms with Gasteiger partial charge in [0, 0.05) is 117 Å². The Hall–Kier alpha value is -18.3. The molecule has 0 amide bonds. The van der Waals surface area contributed by atoms with Crippen LogP contribution in [-0.4, -0.2) is 24.1 Å². The molecule has 4 aliphatic carbocycles. The lowest BCUT2D eigenvalue weighted by molar-refractivity contribution is 0.577. The van der Waals surface area contributed by atoms with Crippen LogP contribution in [0.1, 0.15) is 85.7 Å². The van der Waals surface area contributed by atoms with Crippen molar-refractivity contribution in [2.75, 3.05) is 4.90 Å². The predicted octanol–water partition coefficient (Wildman–Crippen LogP) is 33.1. The maximum atomic E-state index is 6.78. The lowest BCUT2D eigenvalue weighted by Crippen LogP contribution is -2.29. The SMILES string of the molecule is CC12CC=CC=C1N(c1ccc3c(c1)C(c1ccccc1)(c1ccccc1)c1cc(-c4nc(-c5ccc6c(c5)C(c5ccccc5)(c5ccccc5)c5cc(-n7c8ccccc8c8cc9c(cc87)oc7ccccc79)ccc5-6)nc(-c5ccc6c(c5)C(c5ccccc5)(c5ccccc5)c5cc(-n7c8ccccc8c8cc9c(cc87)oc7ccccc79)ccc5-6)n4)ccc1-3)c1cc3oc4ccccc4c3cc12. The van der Waals surface area contributed by atoms with E-state index in [1.54, 1.807) is 0 Å². The molecular formula is C133H82N6O3. The van der Waals surface area contributed by atoms with Crippen LogP contribution < -0.4 is 4.90 Å². The van der Waals surface area contributed by atoms with Crippen molar-refractivity contribution in [1.29, 1.82) is 0 Å². The zero-order valence-electron chi connectivity index (χ0n) is 77.1. The van der Waals surface area contributed by atoms with Crippen LogP contribution in [0.3, 0.4) is 0 Å². The molecule has 0 bridgehead atoms. The van der Waals surface area contributed by atoms with Crippen LogP contribution >= 0.6 is 0 Å². The Morgan fingerprint density at radius 2 is 0.535 bits per heavy atom. The number of para-hydroxylation sites is 5. The lowest BCUT2D eigenvalue weighted by atomic mass is 9.67. The van der Waals surface area contributed by atoms with Crippen molar-refractivity contribution >= 4 is 121 Å². The van der Waals surface area contributed by atoms with E-state index >= 15 is 0 Å². The topological polar surface area (TPSA) is 91.2 Å². The highest BCUT2D eigenvalue weighted by atomic mass is 16.3. The van der Waals surface area contributed by atoms with Gasteiger partial charge in [-0.15, -0.1) is 0 Å². The molecule has 0 N–H and O–H groups in total. The average Bonchev–Trinajstić information content (AvgIpc) is 1.54. The molecule has 7 heterocycles. The van der Waals surface area contributed by atoms with Crippen LogP contribution in [0.25, 0.3) is 188 Å². The van der Waals surface area contributed by atoms with Gasteiger partial charge in [-0.1, -0.05) is 340 Å². The maximum absolute atomic E-state index is 6.78. The van der Waals surface area contributed by atoms with E-state index in [0.29, 0.717) is 17.5 Å². The zero-order chi connectivity index (χ0) is 93.0. The van der Waals surface area contributed by atoms with Crippen molar-refractivity contribution < 1.29 is 13.3 Å². The Balaban J connectivity index is 0.632. The van der Waals surface area contributed by atoms with Crippen molar-refractivity contribution in [3.05, 3.63) is 545 Å². The Labute approximate surface area is 816 Å². The van der Waals surface area contributed by atoms with E-state index in [1.807, 2.05) is 12.1 Å². The molecule has 26 aromatic rings. The number of anilines is 2. The highest BCUT2D eigenvalue weighted by molar-refractivity contribution is 6.20. The van der Waals surface area contributed by atoms with Crippen LogP contribution in [0.15, 0.2) is 486 Å². The van der Waals surface area contributed by atoms with E-state index in [-0.39, 0.29) is 5.41 Å². The van der Waals surface area contributed by atoms with Crippen molar-refractivity contribution in [1.82, 2.24) is 24.1 Å². The van der Waals surface area contributed by atoms with Crippen molar-refractivity contribution in [2.45, 2.75) is 35.0 Å². The number of allylic oxidation sites excluding steroid dienone is 4. The number of rotatable bonds is 12. The average molecular weight is 1810 g/mol. The number of aromatic nitrogens is 5. The molecule has 0 saturated carbocycles. The molecule has 1 atom stereocenters. The number of hydrogen-bond donors (Lipinski definition) is 0. The summed E-state index contributed by atoms with van der Waals surface area (Å²) >= 11 is 0. The van der Waals surface area contributed by atoms with Crippen molar-refractivity contribution in [3.63, 3.8) is 0 Å². The van der Waals surface area contributed by atoms with Gasteiger partial charge in [-0.25, -0.2) is 15.0 Å². The maximum Gasteiger partial charge on any atom is 0.164 e. The molecular weight excluding hydrogens is 1730 g/mol. The minimum Gasteiger partial charge on any atom is -0.456 e. The summed E-state index contributed by atoms with van der Waals surface area (Å²) in [5.41, 5.74) is 36.4. The van der Waals surface area contributed by atoms with Crippen LogP contribution in [-0.2, 0) is 21.7 Å². The molecule has 0 saturated heterocycles. The van der Waals surface area contributed by atoms with Gasteiger partial charge in [0.1, 0.15) is 33.5 Å². The summed E-state index contributed by atoms with van der Waals surface area (Å²) in [7, 11) is 0. The highest BCUT2D eigenvalue weighted by Gasteiger charge is 2.52. The fraction of sp³-hybridized carbons (Fsp3) is 0.0451. The summed E-state index contributed by atoms with van der Waals surface area (Å²) in [5, 5.41) is 11.3. The Bertz CT molecular complexity index is 9490. The second-order valence-corrected chi connectivity index (χ2v) is 39.2. The Morgan fingerprint density at radius 3 is 0.908 bits per heavy atom. The highest BCUT2D eigenvalue weighted by Crippen LogP contribution is 2.64. The second-order valence-electron chi connectivity index (χ2n) is 39.2. The molecule has 9 nitrogen and oxygen atoms in total. The number of furan rings is 3. The summed E-state index contributed by atoms with van der Waals surface area (Å²) in [6.45, 7) is 2.42. The largest absolute Gasteiger partial charge is 0.456 e. The van der Waals surface area contributed by atoms with Crippen molar-refractivity contribution in [3.8, 4) is 78.9 Å². The van der Waals surface area contributed by atoms with Gasteiger partial charge in [-0.2, -0.15) is 0 Å².